The Morgan fingerprint density at radius 2 is 1.90 bits per heavy atom. The molecule has 1 aromatic carbocycles. The molecule has 0 spiro atoms. The van der Waals surface area contributed by atoms with Gasteiger partial charge in [-0.25, -0.2) is 4.98 Å². The monoisotopic (exact) mass is 285 g/mol. The Labute approximate surface area is 126 Å². The molecule has 0 radical (unpaired) electrons. The molecule has 0 saturated carbocycles. The molecule has 1 amide bonds. The number of benzene rings is 1. The van der Waals surface area contributed by atoms with Gasteiger partial charge in [0.25, 0.3) is 0 Å². The van der Waals surface area contributed by atoms with Crippen LogP contribution in [-0.4, -0.2) is 22.4 Å². The third-order valence-electron chi connectivity index (χ3n) is 3.54. The van der Waals surface area contributed by atoms with Crippen molar-refractivity contribution >= 4 is 5.91 Å². The van der Waals surface area contributed by atoms with E-state index >= 15 is 0 Å². The number of hydrogen-bond donors (Lipinski definition) is 2. The second-order valence-electron chi connectivity index (χ2n) is 5.26. The lowest BCUT2D eigenvalue weighted by molar-refractivity contribution is -0.121. The molecule has 2 rings (SSSR count). The summed E-state index contributed by atoms with van der Waals surface area (Å²) in [4.78, 5) is 19.1. The fourth-order valence-electron chi connectivity index (χ4n) is 2.22. The molecule has 0 aliphatic carbocycles. The summed E-state index contributed by atoms with van der Waals surface area (Å²) in [6.45, 7) is 4.71. The molecule has 1 aromatic heterocycles. The number of carbonyl (C=O) groups excluding carboxylic acids is 1. The minimum atomic E-state index is 0.103. The first kappa shape index (κ1) is 15.3. The van der Waals surface area contributed by atoms with Crippen molar-refractivity contribution in [2.45, 2.75) is 39.5 Å². The minimum Gasteiger partial charge on any atom is -0.356 e. The molecule has 0 fully saturated rings. The van der Waals surface area contributed by atoms with Gasteiger partial charge in [-0.15, -0.1) is 0 Å². The number of nitrogens with zero attached hydrogens (tertiary/aromatic N) is 1. The maximum Gasteiger partial charge on any atom is 0.220 e. The summed E-state index contributed by atoms with van der Waals surface area (Å²) in [5.41, 5.74) is 3.60. The molecule has 2 aromatic rings. The van der Waals surface area contributed by atoms with Crippen LogP contribution in [0.5, 0.6) is 0 Å². The highest BCUT2D eigenvalue weighted by Crippen LogP contribution is 2.07. The number of carbonyl (C=O) groups is 1. The molecule has 0 atom stereocenters. The van der Waals surface area contributed by atoms with E-state index in [2.05, 4.69) is 46.5 Å². The second kappa shape index (κ2) is 7.62. The Hall–Kier alpha value is -2.10. The largest absolute Gasteiger partial charge is 0.356 e. The number of imidazole rings is 1. The lowest BCUT2D eigenvalue weighted by Gasteiger charge is -2.05. The number of rotatable bonds is 7. The molecular formula is C17H23N3O. The molecule has 4 heteroatoms. The summed E-state index contributed by atoms with van der Waals surface area (Å²) in [5.74, 6) is 1.01. The number of amides is 1. The van der Waals surface area contributed by atoms with Crippen molar-refractivity contribution in [2.75, 3.05) is 6.54 Å². The number of nitrogens with one attached hydrogen (secondary N) is 2. The minimum absolute atomic E-state index is 0.103. The average molecular weight is 285 g/mol. The summed E-state index contributed by atoms with van der Waals surface area (Å²) < 4.78 is 0. The van der Waals surface area contributed by atoms with Crippen LogP contribution < -0.4 is 5.32 Å². The summed E-state index contributed by atoms with van der Waals surface area (Å²) in [7, 11) is 0. The summed E-state index contributed by atoms with van der Waals surface area (Å²) in [6.07, 6.45) is 4.98. The van der Waals surface area contributed by atoms with E-state index in [9.17, 15) is 4.79 Å². The van der Waals surface area contributed by atoms with E-state index < -0.39 is 0 Å². The first-order valence-corrected chi connectivity index (χ1v) is 7.52. The zero-order valence-corrected chi connectivity index (χ0v) is 12.8. The van der Waals surface area contributed by atoms with E-state index in [0.717, 1.165) is 30.8 Å². The van der Waals surface area contributed by atoms with E-state index in [-0.39, 0.29) is 5.91 Å². The molecule has 0 unspecified atom stereocenters. The SMILES string of the molecule is CCc1ccc(CCC(=O)NCCc2cnc(C)[nH]2)cc1. The average Bonchev–Trinajstić information content (AvgIpc) is 2.91. The van der Waals surface area contributed by atoms with Crippen LogP contribution >= 0.6 is 0 Å². The highest BCUT2D eigenvalue weighted by Gasteiger charge is 2.03. The Kier molecular flexibility index (Phi) is 5.55. The number of hydrogen-bond acceptors (Lipinski definition) is 2. The van der Waals surface area contributed by atoms with Crippen LogP contribution in [0.4, 0.5) is 0 Å². The van der Waals surface area contributed by atoms with Gasteiger partial charge in [0, 0.05) is 31.3 Å². The van der Waals surface area contributed by atoms with Crippen LogP contribution in [0.15, 0.2) is 30.5 Å². The maximum atomic E-state index is 11.8. The van der Waals surface area contributed by atoms with Crippen LogP contribution in [-0.2, 0) is 24.1 Å². The van der Waals surface area contributed by atoms with E-state index in [0.29, 0.717) is 13.0 Å². The fourth-order valence-corrected chi connectivity index (χ4v) is 2.22. The zero-order valence-electron chi connectivity index (χ0n) is 12.8. The van der Waals surface area contributed by atoms with E-state index in [1.807, 2.05) is 13.1 Å². The molecule has 21 heavy (non-hydrogen) atoms. The predicted molar refractivity (Wildman–Crippen MR) is 84.2 cm³/mol. The van der Waals surface area contributed by atoms with Crippen molar-refractivity contribution in [3.05, 3.63) is 53.1 Å². The molecular weight excluding hydrogens is 262 g/mol. The topological polar surface area (TPSA) is 57.8 Å². The number of aryl methyl sites for hydroxylation is 3. The van der Waals surface area contributed by atoms with Crippen LogP contribution in [0, 0.1) is 6.92 Å². The first-order chi connectivity index (χ1) is 10.2. The Bertz CT molecular complexity index is 572. The molecule has 0 aliphatic rings. The van der Waals surface area contributed by atoms with Crippen molar-refractivity contribution in [3.63, 3.8) is 0 Å². The number of aromatic nitrogens is 2. The van der Waals surface area contributed by atoms with E-state index in [1.54, 1.807) is 0 Å². The standard InChI is InChI=1S/C17H23N3O/c1-3-14-4-6-15(7-5-14)8-9-17(21)18-11-10-16-12-19-13(2)20-16/h4-7,12H,3,8-11H2,1-2H3,(H,18,21)(H,19,20). The van der Waals surface area contributed by atoms with Gasteiger partial charge in [-0.3, -0.25) is 4.79 Å². The first-order valence-electron chi connectivity index (χ1n) is 7.52. The number of H-pyrrole nitrogens is 1. The van der Waals surface area contributed by atoms with Crippen molar-refractivity contribution in [2.24, 2.45) is 0 Å². The van der Waals surface area contributed by atoms with Crippen LogP contribution in [0.3, 0.4) is 0 Å². The maximum absolute atomic E-state index is 11.8. The van der Waals surface area contributed by atoms with Crippen molar-refractivity contribution < 1.29 is 4.79 Å². The summed E-state index contributed by atoms with van der Waals surface area (Å²) in [6, 6.07) is 8.49. The Morgan fingerprint density at radius 1 is 1.19 bits per heavy atom. The third-order valence-corrected chi connectivity index (χ3v) is 3.54. The molecule has 4 nitrogen and oxygen atoms in total. The molecule has 112 valence electrons. The second-order valence-corrected chi connectivity index (χ2v) is 5.26. The molecule has 0 aliphatic heterocycles. The third kappa shape index (κ3) is 5.06. The quantitative estimate of drug-likeness (QED) is 0.821. The van der Waals surface area contributed by atoms with Gasteiger partial charge in [-0.2, -0.15) is 0 Å². The zero-order chi connectivity index (χ0) is 15.1. The van der Waals surface area contributed by atoms with E-state index in [1.165, 1.54) is 11.1 Å². The Balaban J connectivity index is 1.67. The van der Waals surface area contributed by atoms with Gasteiger partial charge in [-0.1, -0.05) is 31.2 Å². The van der Waals surface area contributed by atoms with Gasteiger partial charge in [-0.05, 0) is 30.9 Å². The molecule has 2 N–H and O–H groups in total. The van der Waals surface area contributed by atoms with Gasteiger partial charge in [0.15, 0.2) is 0 Å². The summed E-state index contributed by atoms with van der Waals surface area (Å²) in [5, 5.41) is 2.95. The van der Waals surface area contributed by atoms with Gasteiger partial charge in [0.2, 0.25) is 5.91 Å². The normalized spacial score (nSPS) is 10.6. The van der Waals surface area contributed by atoms with Crippen molar-refractivity contribution in [1.29, 1.82) is 0 Å². The fraction of sp³-hybridized carbons (Fsp3) is 0.412. The van der Waals surface area contributed by atoms with E-state index in [4.69, 9.17) is 0 Å². The summed E-state index contributed by atoms with van der Waals surface area (Å²) >= 11 is 0. The smallest absolute Gasteiger partial charge is 0.220 e. The lowest BCUT2D eigenvalue weighted by atomic mass is 10.1. The molecule has 0 bridgehead atoms. The van der Waals surface area contributed by atoms with Crippen LogP contribution in [0.25, 0.3) is 0 Å². The molecule has 1 heterocycles. The number of aromatic amines is 1. The van der Waals surface area contributed by atoms with Crippen molar-refractivity contribution in [3.8, 4) is 0 Å². The van der Waals surface area contributed by atoms with Crippen molar-refractivity contribution in [1.82, 2.24) is 15.3 Å². The van der Waals surface area contributed by atoms with Gasteiger partial charge >= 0.3 is 0 Å². The Morgan fingerprint density at radius 3 is 2.52 bits per heavy atom. The van der Waals surface area contributed by atoms with Gasteiger partial charge in [0.1, 0.15) is 5.82 Å². The lowest BCUT2D eigenvalue weighted by Crippen LogP contribution is -2.25. The van der Waals surface area contributed by atoms with Gasteiger partial charge < -0.3 is 10.3 Å². The highest BCUT2D eigenvalue weighted by atomic mass is 16.1. The predicted octanol–water partition coefficient (Wildman–Crippen LogP) is 2.57. The van der Waals surface area contributed by atoms with Crippen LogP contribution in [0.2, 0.25) is 0 Å². The van der Waals surface area contributed by atoms with Gasteiger partial charge in [0.05, 0.1) is 0 Å². The highest BCUT2D eigenvalue weighted by molar-refractivity contribution is 5.76. The molecule has 0 saturated heterocycles. The van der Waals surface area contributed by atoms with Crippen LogP contribution in [0.1, 0.15) is 36.0 Å².